The Morgan fingerprint density at radius 1 is 1.62 bits per heavy atom. The third kappa shape index (κ3) is 4.04. The zero-order valence-corrected chi connectivity index (χ0v) is 8.59. The molecule has 0 bridgehead atoms. The lowest BCUT2D eigenvalue weighted by Gasteiger charge is -2.30. The Morgan fingerprint density at radius 3 is 2.85 bits per heavy atom. The fourth-order valence-corrected chi connectivity index (χ4v) is 2.10. The average molecular weight is 208 g/mol. The lowest BCUT2D eigenvalue weighted by atomic mass is 10.1. The number of rotatable bonds is 3. The molecule has 1 heterocycles. The Hall–Kier alpha value is -0.170. The van der Waals surface area contributed by atoms with Gasteiger partial charge in [0.1, 0.15) is 0 Å². The zero-order chi connectivity index (χ0) is 9.90. The van der Waals surface area contributed by atoms with Crippen molar-refractivity contribution in [2.24, 2.45) is 5.14 Å². The van der Waals surface area contributed by atoms with Crippen molar-refractivity contribution in [1.29, 1.82) is 0 Å². The van der Waals surface area contributed by atoms with Gasteiger partial charge in [-0.3, -0.25) is 4.18 Å². The molecule has 1 rings (SSSR count). The highest BCUT2D eigenvalue weighted by atomic mass is 32.2. The molecular formula is C7H16N2O3S. The molecule has 0 aliphatic carbocycles. The van der Waals surface area contributed by atoms with Gasteiger partial charge < -0.3 is 4.90 Å². The van der Waals surface area contributed by atoms with Crippen LogP contribution in [0.25, 0.3) is 0 Å². The van der Waals surface area contributed by atoms with Crippen LogP contribution < -0.4 is 5.14 Å². The fraction of sp³-hybridized carbons (Fsp3) is 1.00. The minimum Gasteiger partial charge on any atom is -0.301 e. The number of nitrogens with two attached hydrogens (primary N) is 1. The molecule has 1 aliphatic rings. The molecule has 13 heavy (non-hydrogen) atoms. The van der Waals surface area contributed by atoms with Gasteiger partial charge in [0.05, 0.1) is 6.10 Å². The van der Waals surface area contributed by atoms with E-state index < -0.39 is 10.3 Å². The number of hydrogen-bond donors (Lipinski definition) is 1. The molecule has 6 heteroatoms. The molecule has 0 radical (unpaired) electrons. The van der Waals surface area contributed by atoms with E-state index in [1.54, 1.807) is 0 Å². The molecule has 1 aliphatic heterocycles. The summed E-state index contributed by atoms with van der Waals surface area (Å²) in [5.41, 5.74) is 0. The van der Waals surface area contributed by atoms with Crippen molar-refractivity contribution in [2.45, 2.75) is 25.9 Å². The molecule has 78 valence electrons. The molecule has 0 amide bonds. The van der Waals surface area contributed by atoms with Crippen LogP contribution in [-0.2, 0) is 14.5 Å². The minimum absolute atomic E-state index is 0.260. The van der Waals surface area contributed by atoms with Crippen molar-refractivity contribution in [3.8, 4) is 0 Å². The zero-order valence-electron chi connectivity index (χ0n) is 7.77. The van der Waals surface area contributed by atoms with Gasteiger partial charge in [-0.15, -0.1) is 0 Å². The van der Waals surface area contributed by atoms with Gasteiger partial charge in [0.15, 0.2) is 0 Å². The molecule has 1 saturated heterocycles. The first-order valence-corrected chi connectivity index (χ1v) is 5.92. The van der Waals surface area contributed by atoms with Gasteiger partial charge in [-0.25, -0.2) is 5.14 Å². The minimum atomic E-state index is -3.78. The maximum Gasteiger partial charge on any atom is 0.333 e. The van der Waals surface area contributed by atoms with Crippen LogP contribution in [0.3, 0.4) is 0 Å². The number of nitrogens with zero attached hydrogens (tertiary/aromatic N) is 1. The summed E-state index contributed by atoms with van der Waals surface area (Å²) >= 11 is 0. The van der Waals surface area contributed by atoms with Crippen molar-refractivity contribution >= 4 is 10.3 Å². The predicted octanol–water partition coefficient (Wildman–Crippen LogP) is -0.309. The van der Waals surface area contributed by atoms with E-state index in [1.807, 2.05) is 6.92 Å². The van der Waals surface area contributed by atoms with E-state index in [0.717, 1.165) is 25.9 Å². The average Bonchev–Trinajstić information content (AvgIpc) is 2.01. The molecule has 0 saturated carbocycles. The van der Waals surface area contributed by atoms with Crippen LogP contribution in [0.5, 0.6) is 0 Å². The molecule has 5 nitrogen and oxygen atoms in total. The highest BCUT2D eigenvalue weighted by Gasteiger charge is 2.22. The van der Waals surface area contributed by atoms with Crippen LogP contribution in [0, 0.1) is 0 Å². The first-order valence-electron chi connectivity index (χ1n) is 4.44. The summed E-state index contributed by atoms with van der Waals surface area (Å²) < 4.78 is 26.0. The lowest BCUT2D eigenvalue weighted by molar-refractivity contribution is 0.0970. The van der Waals surface area contributed by atoms with Crippen molar-refractivity contribution in [3.05, 3.63) is 0 Å². The van der Waals surface area contributed by atoms with Gasteiger partial charge in [-0.1, -0.05) is 6.92 Å². The van der Waals surface area contributed by atoms with Gasteiger partial charge in [-0.2, -0.15) is 8.42 Å². The van der Waals surface area contributed by atoms with E-state index in [9.17, 15) is 8.42 Å². The molecular weight excluding hydrogens is 192 g/mol. The van der Waals surface area contributed by atoms with Crippen molar-refractivity contribution in [3.63, 3.8) is 0 Å². The van der Waals surface area contributed by atoms with E-state index in [4.69, 9.17) is 9.32 Å². The van der Waals surface area contributed by atoms with Gasteiger partial charge in [0.25, 0.3) is 0 Å². The van der Waals surface area contributed by atoms with Crippen molar-refractivity contribution in [1.82, 2.24) is 4.90 Å². The molecule has 0 spiro atoms. The van der Waals surface area contributed by atoms with E-state index in [2.05, 4.69) is 4.90 Å². The number of piperidine rings is 1. The second-order valence-electron chi connectivity index (χ2n) is 3.25. The van der Waals surface area contributed by atoms with Crippen molar-refractivity contribution < 1.29 is 12.6 Å². The quantitative estimate of drug-likeness (QED) is 0.690. The summed E-state index contributed by atoms with van der Waals surface area (Å²) in [6.07, 6.45) is 1.48. The third-order valence-electron chi connectivity index (χ3n) is 2.18. The summed E-state index contributed by atoms with van der Waals surface area (Å²) in [5.74, 6) is 0. The Kier molecular flexibility index (Phi) is 3.66. The Morgan fingerprint density at radius 2 is 2.31 bits per heavy atom. The maximum absolute atomic E-state index is 10.6. The summed E-state index contributed by atoms with van der Waals surface area (Å²) in [6, 6.07) is 0. The smallest absolute Gasteiger partial charge is 0.301 e. The molecule has 1 unspecified atom stereocenters. The number of hydrogen-bond acceptors (Lipinski definition) is 4. The summed E-state index contributed by atoms with van der Waals surface area (Å²) in [5, 5.41) is 4.78. The van der Waals surface area contributed by atoms with Gasteiger partial charge in [0.2, 0.25) is 0 Å². The number of likely N-dealkylation sites (tertiary alicyclic amines) is 1. The largest absolute Gasteiger partial charge is 0.333 e. The summed E-state index contributed by atoms with van der Waals surface area (Å²) in [7, 11) is -3.78. The second-order valence-corrected chi connectivity index (χ2v) is 4.42. The van der Waals surface area contributed by atoms with Crippen LogP contribution in [0.2, 0.25) is 0 Å². The summed E-state index contributed by atoms with van der Waals surface area (Å²) in [4.78, 5) is 2.15. The highest BCUT2D eigenvalue weighted by Crippen LogP contribution is 2.13. The van der Waals surface area contributed by atoms with Crippen molar-refractivity contribution in [2.75, 3.05) is 19.6 Å². The van der Waals surface area contributed by atoms with Crippen LogP contribution in [-0.4, -0.2) is 39.1 Å². The van der Waals surface area contributed by atoms with Crippen LogP contribution in [0.1, 0.15) is 19.8 Å². The lowest BCUT2D eigenvalue weighted by Crippen LogP contribution is -2.41. The topological polar surface area (TPSA) is 72.6 Å². The SMILES string of the molecule is CCN1CCCC(OS(N)(=O)=O)C1. The van der Waals surface area contributed by atoms with E-state index in [-0.39, 0.29) is 6.10 Å². The molecule has 2 N–H and O–H groups in total. The molecule has 1 atom stereocenters. The van der Waals surface area contributed by atoms with Crippen LogP contribution in [0.15, 0.2) is 0 Å². The maximum atomic E-state index is 10.6. The third-order valence-corrected chi connectivity index (χ3v) is 2.72. The van der Waals surface area contributed by atoms with Gasteiger partial charge in [0, 0.05) is 6.54 Å². The monoisotopic (exact) mass is 208 g/mol. The van der Waals surface area contributed by atoms with E-state index in [1.165, 1.54) is 0 Å². The molecule has 0 aromatic rings. The van der Waals surface area contributed by atoms with E-state index >= 15 is 0 Å². The van der Waals surface area contributed by atoms with E-state index in [0.29, 0.717) is 6.54 Å². The second kappa shape index (κ2) is 4.36. The predicted molar refractivity (Wildman–Crippen MR) is 49.3 cm³/mol. The molecule has 1 fully saturated rings. The van der Waals surface area contributed by atoms with Crippen LogP contribution in [0.4, 0.5) is 0 Å². The Labute approximate surface area is 79.1 Å². The summed E-state index contributed by atoms with van der Waals surface area (Å²) in [6.45, 7) is 4.64. The molecule has 0 aromatic heterocycles. The molecule has 0 aromatic carbocycles. The fourth-order valence-electron chi connectivity index (χ4n) is 1.57. The number of likely N-dealkylation sites (N-methyl/N-ethyl adjacent to an activating group) is 1. The first kappa shape index (κ1) is 10.9. The normalized spacial score (nSPS) is 26.2. The van der Waals surface area contributed by atoms with Gasteiger partial charge in [-0.05, 0) is 25.9 Å². The standard InChI is InChI=1S/C7H16N2O3S/c1-2-9-5-3-4-7(6-9)12-13(8,10)11/h7H,2-6H2,1H3,(H2,8,10,11). The van der Waals surface area contributed by atoms with Gasteiger partial charge >= 0.3 is 10.3 Å². The van der Waals surface area contributed by atoms with Crippen LogP contribution >= 0.6 is 0 Å². The highest BCUT2D eigenvalue weighted by molar-refractivity contribution is 7.84. The first-order chi connectivity index (χ1) is 6.01. The Balaban J connectivity index is 2.43. The Bertz CT molecular complexity index is 252.